The highest BCUT2D eigenvalue weighted by atomic mass is 35.5. The molecule has 0 aliphatic rings. The fourth-order valence-corrected chi connectivity index (χ4v) is 3.05. The van der Waals surface area contributed by atoms with Crippen molar-refractivity contribution in [2.75, 3.05) is 18.6 Å². The number of pyridine rings is 1. The largest absolute Gasteiger partial charge is 0.481 e. The maximum atomic E-state index is 6.28. The van der Waals surface area contributed by atoms with E-state index >= 15 is 0 Å². The van der Waals surface area contributed by atoms with E-state index in [0.717, 1.165) is 28.5 Å². The molecule has 0 radical (unpaired) electrons. The summed E-state index contributed by atoms with van der Waals surface area (Å²) in [6.07, 6.45) is 0. The number of hydrogen-bond acceptors (Lipinski definition) is 4. The monoisotopic (exact) mass is 313 g/mol. The van der Waals surface area contributed by atoms with Gasteiger partial charge in [0, 0.05) is 17.9 Å². The van der Waals surface area contributed by atoms with Crippen LogP contribution in [-0.4, -0.2) is 33.2 Å². The maximum Gasteiger partial charge on any atom is 0.215 e. The highest BCUT2D eigenvalue weighted by molar-refractivity contribution is 7.99. The summed E-state index contributed by atoms with van der Waals surface area (Å²) in [5.41, 5.74) is 1.71. The van der Waals surface area contributed by atoms with Gasteiger partial charge in [-0.1, -0.05) is 6.92 Å². The second-order valence-electron chi connectivity index (χ2n) is 4.66. The van der Waals surface area contributed by atoms with Crippen LogP contribution in [0.5, 0.6) is 5.88 Å². The molecule has 2 heterocycles. The van der Waals surface area contributed by atoms with Crippen molar-refractivity contribution in [1.29, 1.82) is 0 Å². The van der Waals surface area contributed by atoms with Gasteiger partial charge >= 0.3 is 0 Å². The van der Waals surface area contributed by atoms with E-state index in [1.165, 1.54) is 0 Å². The molecule has 110 valence electrons. The average molecular weight is 314 g/mol. The Kier molecular flexibility index (Phi) is 5.16. The van der Waals surface area contributed by atoms with Gasteiger partial charge in [0.15, 0.2) is 5.65 Å². The molecule has 2 aromatic heterocycles. The molecule has 0 aliphatic carbocycles. The minimum atomic E-state index is -0.149. The molecule has 2 aromatic rings. The van der Waals surface area contributed by atoms with Gasteiger partial charge in [0.05, 0.1) is 12.5 Å². The molecule has 0 saturated carbocycles. The number of imidazole rings is 1. The van der Waals surface area contributed by atoms with Crippen LogP contribution in [0.1, 0.15) is 38.0 Å². The van der Waals surface area contributed by atoms with Gasteiger partial charge in [0.1, 0.15) is 11.3 Å². The molecular weight excluding hydrogens is 294 g/mol. The quantitative estimate of drug-likeness (QED) is 0.754. The first-order chi connectivity index (χ1) is 9.58. The number of halogens is 1. The van der Waals surface area contributed by atoms with Gasteiger partial charge in [-0.15, -0.1) is 11.6 Å². The van der Waals surface area contributed by atoms with E-state index in [4.69, 9.17) is 16.3 Å². The van der Waals surface area contributed by atoms with Gasteiger partial charge in [0.2, 0.25) is 5.88 Å². The molecule has 20 heavy (non-hydrogen) atoms. The Hall–Kier alpha value is -0.940. The third kappa shape index (κ3) is 3.04. The number of rotatable bonds is 6. The fourth-order valence-electron chi connectivity index (χ4n) is 2.17. The molecule has 0 N–H and O–H groups in total. The SMILES string of the molecule is CCSCC(C)n1c(C(C)Cl)nc2ccc(OC)nc21. The van der Waals surface area contributed by atoms with Crippen molar-refractivity contribution in [2.24, 2.45) is 0 Å². The van der Waals surface area contributed by atoms with Crippen LogP contribution in [0.2, 0.25) is 0 Å². The summed E-state index contributed by atoms with van der Waals surface area (Å²) in [6, 6.07) is 4.05. The first kappa shape index (κ1) is 15.4. The Bertz CT molecular complexity index is 585. The lowest BCUT2D eigenvalue weighted by atomic mass is 10.3. The Morgan fingerprint density at radius 1 is 1.35 bits per heavy atom. The van der Waals surface area contributed by atoms with Crippen LogP contribution in [0, 0.1) is 0 Å². The maximum absolute atomic E-state index is 6.28. The number of alkyl halides is 1. The van der Waals surface area contributed by atoms with Crippen LogP contribution in [0.4, 0.5) is 0 Å². The van der Waals surface area contributed by atoms with Gasteiger partial charge in [-0.3, -0.25) is 0 Å². The lowest BCUT2D eigenvalue weighted by Crippen LogP contribution is -2.13. The number of thioether (sulfide) groups is 1. The number of nitrogens with zero attached hydrogens (tertiary/aromatic N) is 3. The highest BCUT2D eigenvalue weighted by Crippen LogP contribution is 2.29. The predicted molar refractivity (Wildman–Crippen MR) is 86.1 cm³/mol. The summed E-state index contributed by atoms with van der Waals surface area (Å²) in [7, 11) is 1.62. The lowest BCUT2D eigenvalue weighted by Gasteiger charge is -2.17. The van der Waals surface area contributed by atoms with Crippen LogP contribution in [0.15, 0.2) is 12.1 Å². The first-order valence-electron chi connectivity index (χ1n) is 6.73. The topological polar surface area (TPSA) is 39.9 Å². The second-order valence-corrected chi connectivity index (χ2v) is 6.63. The molecule has 0 saturated heterocycles. The van der Waals surface area contributed by atoms with Crippen molar-refractivity contribution in [2.45, 2.75) is 32.2 Å². The lowest BCUT2D eigenvalue weighted by molar-refractivity contribution is 0.398. The number of ether oxygens (including phenoxy) is 1. The van der Waals surface area contributed by atoms with E-state index in [2.05, 4.69) is 28.4 Å². The minimum absolute atomic E-state index is 0.149. The zero-order valence-corrected chi connectivity index (χ0v) is 13.8. The molecule has 0 aromatic carbocycles. The van der Waals surface area contributed by atoms with E-state index in [0.29, 0.717) is 11.9 Å². The minimum Gasteiger partial charge on any atom is -0.481 e. The molecule has 0 aliphatic heterocycles. The Balaban J connectivity index is 2.53. The van der Waals surface area contributed by atoms with Crippen LogP contribution >= 0.6 is 23.4 Å². The van der Waals surface area contributed by atoms with Gasteiger partial charge in [-0.05, 0) is 25.7 Å². The average Bonchev–Trinajstić information content (AvgIpc) is 2.83. The Labute approximate surface area is 128 Å². The molecule has 6 heteroatoms. The third-order valence-electron chi connectivity index (χ3n) is 3.11. The molecule has 0 fully saturated rings. The van der Waals surface area contributed by atoms with Crippen molar-refractivity contribution >= 4 is 34.5 Å². The predicted octanol–water partition coefficient (Wildman–Crippen LogP) is 4.05. The third-order valence-corrected chi connectivity index (χ3v) is 4.43. The number of aromatic nitrogens is 3. The zero-order chi connectivity index (χ0) is 14.7. The number of methoxy groups -OCH3 is 1. The molecule has 2 unspecified atom stereocenters. The van der Waals surface area contributed by atoms with Crippen molar-refractivity contribution in [3.8, 4) is 5.88 Å². The summed E-state index contributed by atoms with van der Waals surface area (Å²) in [5.74, 6) is 3.58. The van der Waals surface area contributed by atoms with Crippen molar-refractivity contribution < 1.29 is 4.74 Å². The van der Waals surface area contributed by atoms with Gasteiger partial charge in [0.25, 0.3) is 0 Å². The van der Waals surface area contributed by atoms with Crippen LogP contribution in [0.25, 0.3) is 11.2 Å². The first-order valence-corrected chi connectivity index (χ1v) is 8.32. The smallest absolute Gasteiger partial charge is 0.215 e. The van der Waals surface area contributed by atoms with E-state index in [-0.39, 0.29) is 5.38 Å². The molecule has 2 rings (SSSR count). The van der Waals surface area contributed by atoms with Gasteiger partial charge < -0.3 is 9.30 Å². The van der Waals surface area contributed by atoms with E-state index in [1.54, 1.807) is 7.11 Å². The van der Waals surface area contributed by atoms with Crippen molar-refractivity contribution in [3.05, 3.63) is 18.0 Å². The fraction of sp³-hybridized carbons (Fsp3) is 0.571. The molecule has 4 nitrogen and oxygen atoms in total. The molecule has 0 bridgehead atoms. The normalized spacial score (nSPS) is 14.4. The van der Waals surface area contributed by atoms with Crippen LogP contribution in [-0.2, 0) is 0 Å². The van der Waals surface area contributed by atoms with E-state index < -0.39 is 0 Å². The van der Waals surface area contributed by atoms with Crippen LogP contribution in [0.3, 0.4) is 0 Å². The molecule has 0 amide bonds. The molecule has 0 spiro atoms. The van der Waals surface area contributed by atoms with Crippen LogP contribution < -0.4 is 4.74 Å². The standard InChI is InChI=1S/C14H20ClN3OS/c1-5-20-8-9(2)18-13(10(3)15)16-11-6-7-12(19-4)17-14(11)18/h6-7,9-10H,5,8H2,1-4H3. The summed E-state index contributed by atoms with van der Waals surface area (Å²) in [5, 5.41) is -0.149. The van der Waals surface area contributed by atoms with E-state index in [1.807, 2.05) is 30.8 Å². The zero-order valence-electron chi connectivity index (χ0n) is 12.3. The van der Waals surface area contributed by atoms with Crippen molar-refractivity contribution in [1.82, 2.24) is 14.5 Å². The summed E-state index contributed by atoms with van der Waals surface area (Å²) in [4.78, 5) is 9.16. The molecule has 2 atom stereocenters. The number of hydrogen-bond donors (Lipinski definition) is 0. The highest BCUT2D eigenvalue weighted by Gasteiger charge is 2.20. The number of fused-ring (bicyclic) bond motifs is 1. The van der Waals surface area contributed by atoms with Gasteiger partial charge in [-0.25, -0.2) is 4.98 Å². The van der Waals surface area contributed by atoms with Gasteiger partial charge in [-0.2, -0.15) is 16.7 Å². The summed E-state index contributed by atoms with van der Waals surface area (Å²) >= 11 is 8.19. The Morgan fingerprint density at radius 2 is 2.10 bits per heavy atom. The Morgan fingerprint density at radius 3 is 2.70 bits per heavy atom. The summed E-state index contributed by atoms with van der Waals surface area (Å²) in [6.45, 7) is 6.28. The summed E-state index contributed by atoms with van der Waals surface area (Å²) < 4.78 is 7.35. The second kappa shape index (κ2) is 6.68. The molecular formula is C14H20ClN3OS. The van der Waals surface area contributed by atoms with E-state index in [9.17, 15) is 0 Å². The van der Waals surface area contributed by atoms with Crippen molar-refractivity contribution in [3.63, 3.8) is 0 Å².